The summed E-state index contributed by atoms with van der Waals surface area (Å²) < 4.78 is 3.26. The number of aromatic nitrogens is 2. The third-order valence-corrected chi connectivity index (χ3v) is 4.10. The van der Waals surface area contributed by atoms with E-state index in [1.165, 1.54) is 0 Å². The molecule has 0 bridgehead atoms. The molecule has 0 aliphatic heterocycles. The van der Waals surface area contributed by atoms with E-state index < -0.39 is 0 Å². The zero-order valence-corrected chi connectivity index (χ0v) is 14.4. The second-order valence-corrected chi connectivity index (χ2v) is 7.34. The number of halogens is 1. The molecule has 0 saturated carbocycles. The van der Waals surface area contributed by atoms with Gasteiger partial charge in [0.25, 0.3) is 0 Å². The van der Waals surface area contributed by atoms with Crippen molar-refractivity contribution < 1.29 is 5.11 Å². The van der Waals surface area contributed by atoms with E-state index in [1.807, 2.05) is 30.3 Å². The smallest absolute Gasteiger partial charge is 0.145 e. The largest absolute Gasteiger partial charge is 0.507 e. The Hall–Kier alpha value is -1.56. The highest BCUT2D eigenvalue weighted by Crippen LogP contribution is 2.35. The van der Waals surface area contributed by atoms with Crippen LogP contribution in [0, 0.1) is 3.57 Å². The molecule has 0 unspecified atom stereocenters. The third-order valence-electron chi connectivity index (χ3n) is 3.43. The van der Waals surface area contributed by atoms with E-state index in [0.29, 0.717) is 0 Å². The highest BCUT2D eigenvalue weighted by molar-refractivity contribution is 14.1. The van der Waals surface area contributed by atoms with Crippen LogP contribution in [0.5, 0.6) is 5.75 Å². The zero-order chi connectivity index (χ0) is 15.2. The van der Waals surface area contributed by atoms with Crippen LogP contribution in [0.15, 0.2) is 42.5 Å². The molecule has 0 spiro atoms. The lowest BCUT2D eigenvalue weighted by Gasteiger charge is -2.25. The van der Waals surface area contributed by atoms with Crippen LogP contribution in [-0.4, -0.2) is 14.7 Å². The highest BCUT2D eigenvalue weighted by atomic mass is 127. The van der Waals surface area contributed by atoms with Gasteiger partial charge in [-0.25, -0.2) is 4.98 Å². The lowest BCUT2D eigenvalue weighted by atomic mass is 10.1. The quantitative estimate of drug-likeness (QED) is 0.606. The average molecular weight is 392 g/mol. The lowest BCUT2D eigenvalue weighted by Crippen LogP contribution is -2.22. The summed E-state index contributed by atoms with van der Waals surface area (Å²) >= 11 is 2.25. The number of imidazole rings is 1. The number of nitrogens with zero attached hydrogens (tertiary/aromatic N) is 2. The first-order valence-corrected chi connectivity index (χ1v) is 7.92. The van der Waals surface area contributed by atoms with Gasteiger partial charge in [0, 0.05) is 9.11 Å². The molecular weight excluding hydrogens is 375 g/mol. The minimum atomic E-state index is -0.126. The maximum Gasteiger partial charge on any atom is 0.145 e. The second-order valence-electron chi connectivity index (χ2n) is 6.09. The summed E-state index contributed by atoms with van der Waals surface area (Å²) in [6.07, 6.45) is 0. The van der Waals surface area contributed by atoms with Crippen molar-refractivity contribution >= 4 is 33.6 Å². The van der Waals surface area contributed by atoms with E-state index >= 15 is 0 Å². The molecule has 3 rings (SSSR count). The Morgan fingerprint density at radius 3 is 2.52 bits per heavy atom. The standard InChI is InChI=1S/C17H17IN2O/c1-17(2,3)20-14-7-5-4-6-13(14)19-16(20)12-10-11(18)8-9-15(12)21/h4-10,21H,1-3H3. The zero-order valence-electron chi connectivity index (χ0n) is 12.3. The fourth-order valence-electron chi connectivity index (χ4n) is 2.57. The summed E-state index contributed by atoms with van der Waals surface area (Å²) in [5.41, 5.74) is 2.67. The molecule has 0 fully saturated rings. The van der Waals surface area contributed by atoms with Crippen molar-refractivity contribution in [2.24, 2.45) is 0 Å². The molecule has 4 heteroatoms. The van der Waals surface area contributed by atoms with Gasteiger partial charge >= 0.3 is 0 Å². The van der Waals surface area contributed by atoms with Crippen LogP contribution in [0.3, 0.4) is 0 Å². The van der Waals surface area contributed by atoms with Crippen LogP contribution in [0.2, 0.25) is 0 Å². The van der Waals surface area contributed by atoms with Crippen molar-refractivity contribution in [3.8, 4) is 17.1 Å². The van der Waals surface area contributed by atoms with Crippen LogP contribution in [0.1, 0.15) is 20.8 Å². The fraction of sp³-hybridized carbons (Fsp3) is 0.235. The predicted molar refractivity (Wildman–Crippen MR) is 94.5 cm³/mol. The maximum atomic E-state index is 10.2. The Morgan fingerprint density at radius 1 is 1.10 bits per heavy atom. The molecule has 0 radical (unpaired) electrons. The van der Waals surface area contributed by atoms with Crippen molar-refractivity contribution in [1.82, 2.24) is 9.55 Å². The number of aromatic hydroxyl groups is 1. The van der Waals surface area contributed by atoms with Gasteiger partial charge < -0.3 is 9.67 Å². The van der Waals surface area contributed by atoms with Gasteiger partial charge in [0.2, 0.25) is 0 Å². The predicted octanol–water partition coefficient (Wildman–Crippen LogP) is 4.77. The molecule has 2 aromatic carbocycles. The normalized spacial score (nSPS) is 12.0. The lowest BCUT2D eigenvalue weighted by molar-refractivity contribution is 0.411. The summed E-state index contributed by atoms with van der Waals surface area (Å²) in [5, 5.41) is 10.2. The van der Waals surface area contributed by atoms with Crippen LogP contribution in [-0.2, 0) is 5.54 Å². The number of hydrogen-bond donors (Lipinski definition) is 1. The molecule has 21 heavy (non-hydrogen) atoms. The molecular formula is C17H17IN2O. The molecule has 0 atom stereocenters. The van der Waals surface area contributed by atoms with Gasteiger partial charge in [0.1, 0.15) is 11.6 Å². The molecule has 1 aromatic heterocycles. The van der Waals surface area contributed by atoms with E-state index in [-0.39, 0.29) is 11.3 Å². The Labute approximate surface area is 137 Å². The van der Waals surface area contributed by atoms with Crippen molar-refractivity contribution in [1.29, 1.82) is 0 Å². The van der Waals surface area contributed by atoms with E-state index in [9.17, 15) is 5.11 Å². The molecule has 0 aliphatic rings. The van der Waals surface area contributed by atoms with Crippen LogP contribution < -0.4 is 0 Å². The monoisotopic (exact) mass is 392 g/mol. The second kappa shape index (κ2) is 5.02. The van der Waals surface area contributed by atoms with Gasteiger partial charge in [-0.15, -0.1) is 0 Å². The number of para-hydroxylation sites is 2. The van der Waals surface area contributed by atoms with E-state index in [4.69, 9.17) is 4.98 Å². The van der Waals surface area contributed by atoms with Crippen LogP contribution >= 0.6 is 22.6 Å². The summed E-state index contributed by atoms with van der Waals surface area (Å²) in [5.74, 6) is 1.07. The molecule has 0 aliphatic carbocycles. The minimum Gasteiger partial charge on any atom is -0.507 e. The molecule has 1 N–H and O–H groups in total. The van der Waals surface area contributed by atoms with Gasteiger partial charge in [0.15, 0.2) is 0 Å². The van der Waals surface area contributed by atoms with Gasteiger partial charge in [-0.3, -0.25) is 0 Å². The van der Waals surface area contributed by atoms with Gasteiger partial charge in [-0.05, 0) is 73.7 Å². The first-order chi connectivity index (χ1) is 9.88. The topological polar surface area (TPSA) is 38.0 Å². The number of phenols is 1. The van der Waals surface area contributed by atoms with Gasteiger partial charge in [-0.1, -0.05) is 12.1 Å². The molecule has 3 aromatic rings. The number of benzene rings is 2. The molecule has 3 nitrogen and oxygen atoms in total. The average Bonchev–Trinajstić information content (AvgIpc) is 2.80. The Kier molecular flexibility index (Phi) is 3.43. The van der Waals surface area contributed by atoms with E-state index in [0.717, 1.165) is 26.0 Å². The highest BCUT2D eigenvalue weighted by Gasteiger charge is 2.23. The van der Waals surface area contributed by atoms with Crippen molar-refractivity contribution in [3.05, 3.63) is 46.0 Å². The Balaban J connectivity index is 2.39. The summed E-state index contributed by atoms with van der Waals surface area (Å²) in [4.78, 5) is 4.75. The molecule has 108 valence electrons. The van der Waals surface area contributed by atoms with E-state index in [2.05, 4.69) is 54.0 Å². The first-order valence-electron chi connectivity index (χ1n) is 6.85. The van der Waals surface area contributed by atoms with Gasteiger partial charge in [0.05, 0.1) is 16.6 Å². The number of fused-ring (bicyclic) bond motifs is 1. The summed E-state index contributed by atoms with van der Waals surface area (Å²) in [6.45, 7) is 6.45. The Bertz CT molecular complexity index is 815. The van der Waals surface area contributed by atoms with Crippen molar-refractivity contribution in [3.63, 3.8) is 0 Å². The first kappa shape index (κ1) is 14.4. The summed E-state index contributed by atoms with van der Waals surface area (Å²) in [6, 6.07) is 13.7. The van der Waals surface area contributed by atoms with E-state index in [1.54, 1.807) is 6.07 Å². The van der Waals surface area contributed by atoms with Crippen molar-refractivity contribution in [2.75, 3.05) is 0 Å². The Morgan fingerprint density at radius 2 is 1.81 bits per heavy atom. The number of rotatable bonds is 1. The van der Waals surface area contributed by atoms with Crippen LogP contribution in [0.25, 0.3) is 22.4 Å². The molecule has 0 amide bonds. The number of hydrogen-bond acceptors (Lipinski definition) is 2. The minimum absolute atomic E-state index is 0.126. The van der Waals surface area contributed by atoms with Crippen molar-refractivity contribution in [2.45, 2.75) is 26.3 Å². The summed E-state index contributed by atoms with van der Waals surface area (Å²) in [7, 11) is 0. The molecule has 1 heterocycles. The maximum absolute atomic E-state index is 10.2. The fourth-order valence-corrected chi connectivity index (χ4v) is 3.06. The third kappa shape index (κ3) is 2.52. The van der Waals surface area contributed by atoms with Crippen LogP contribution in [0.4, 0.5) is 0 Å². The molecule has 0 saturated heterocycles. The number of phenolic OH excluding ortho intramolecular Hbond substituents is 1. The van der Waals surface area contributed by atoms with Gasteiger partial charge in [-0.2, -0.15) is 0 Å². The SMILES string of the molecule is CC(C)(C)n1c(-c2cc(I)ccc2O)nc2ccccc21.